The summed E-state index contributed by atoms with van der Waals surface area (Å²) in [6.45, 7) is 4.47. The second-order valence-corrected chi connectivity index (χ2v) is 9.77. The van der Waals surface area contributed by atoms with Gasteiger partial charge in [-0.25, -0.2) is 4.57 Å². The zero-order chi connectivity index (χ0) is 20.9. The molecule has 0 N–H and O–H groups in total. The molecule has 31 heavy (non-hydrogen) atoms. The van der Waals surface area contributed by atoms with Gasteiger partial charge in [0, 0.05) is 16.8 Å². The van der Waals surface area contributed by atoms with Crippen molar-refractivity contribution in [1.29, 1.82) is 0 Å². The average Bonchev–Trinajstić information content (AvgIpc) is 3.41. The van der Waals surface area contributed by atoms with Gasteiger partial charge in [0.15, 0.2) is 6.20 Å². The van der Waals surface area contributed by atoms with E-state index in [1.807, 2.05) is 0 Å². The van der Waals surface area contributed by atoms with Crippen LogP contribution in [0.2, 0.25) is 0 Å². The summed E-state index contributed by atoms with van der Waals surface area (Å²) in [4.78, 5) is 0. The molecule has 1 fully saturated rings. The van der Waals surface area contributed by atoms with Crippen LogP contribution in [0.4, 0.5) is 0 Å². The average molecular weight is 404 g/mol. The minimum atomic E-state index is 0.705. The molecule has 2 nitrogen and oxygen atoms in total. The molecule has 3 heterocycles. The molecule has 0 aliphatic heterocycles. The highest BCUT2D eigenvalue weighted by Gasteiger charge is 2.26. The number of aryl methyl sites for hydroxylation is 3. The van der Waals surface area contributed by atoms with Gasteiger partial charge >= 0.3 is 0 Å². The minimum Gasteiger partial charge on any atom is -0.307 e. The summed E-state index contributed by atoms with van der Waals surface area (Å²) in [5.41, 5.74) is 9.64. The van der Waals surface area contributed by atoms with Crippen LogP contribution in [0, 0.1) is 13.8 Å². The maximum Gasteiger partial charge on any atom is 0.224 e. The largest absolute Gasteiger partial charge is 0.307 e. The predicted molar refractivity (Wildman–Crippen MR) is 130 cm³/mol. The Labute approximate surface area is 182 Å². The molecule has 0 spiro atoms. The van der Waals surface area contributed by atoms with Gasteiger partial charge in [-0.1, -0.05) is 43.2 Å². The van der Waals surface area contributed by atoms with E-state index in [0.29, 0.717) is 5.92 Å². The monoisotopic (exact) mass is 403 g/mol. The second-order valence-electron chi connectivity index (χ2n) is 9.77. The highest BCUT2D eigenvalue weighted by Crippen LogP contribution is 2.43. The number of pyridine rings is 2. The summed E-state index contributed by atoms with van der Waals surface area (Å²) >= 11 is 0. The van der Waals surface area contributed by atoms with Crippen LogP contribution < -0.4 is 4.57 Å². The summed E-state index contributed by atoms with van der Waals surface area (Å²) in [7, 11) is 2.20. The maximum atomic E-state index is 2.58. The lowest BCUT2D eigenvalue weighted by Crippen LogP contribution is -2.29. The predicted octanol–water partition coefficient (Wildman–Crippen LogP) is 7.09. The molecule has 0 unspecified atom stereocenters. The van der Waals surface area contributed by atoms with Crippen molar-refractivity contribution >= 4 is 49.0 Å². The topological polar surface area (TPSA) is 8.29 Å². The molecule has 1 aliphatic carbocycles. The molecule has 7 rings (SSSR count). The third-order valence-corrected chi connectivity index (χ3v) is 7.84. The number of hydrogen-bond acceptors (Lipinski definition) is 0. The molecule has 1 aliphatic rings. The van der Waals surface area contributed by atoms with E-state index in [-0.39, 0.29) is 0 Å². The first-order valence-electron chi connectivity index (χ1n) is 11.6. The standard InChI is InChI=1S/C29H27N2/c1-17-8-10-22-23-11-9-18(2)26-28(23)31(24(22)14-17)25-16-21(19-6-4-5-7-19)15-20-12-13-30(3)29(26)27(20)25/h8-16,19H,4-7H2,1-3H3/q+1. The van der Waals surface area contributed by atoms with E-state index in [9.17, 15) is 0 Å². The number of benzene rings is 3. The van der Waals surface area contributed by atoms with E-state index < -0.39 is 0 Å². The van der Waals surface area contributed by atoms with E-state index >= 15 is 0 Å². The molecule has 0 atom stereocenters. The zero-order valence-corrected chi connectivity index (χ0v) is 18.5. The number of nitrogens with zero attached hydrogens (tertiary/aromatic N) is 2. The van der Waals surface area contributed by atoms with Crippen molar-refractivity contribution in [3.63, 3.8) is 0 Å². The van der Waals surface area contributed by atoms with Gasteiger partial charge < -0.3 is 4.40 Å². The van der Waals surface area contributed by atoms with E-state index in [0.717, 1.165) is 0 Å². The minimum absolute atomic E-state index is 0.705. The number of rotatable bonds is 1. The molecule has 2 heteroatoms. The van der Waals surface area contributed by atoms with Crippen molar-refractivity contribution in [2.75, 3.05) is 0 Å². The first-order valence-corrected chi connectivity index (χ1v) is 11.6. The Balaban J connectivity index is 1.83. The summed E-state index contributed by atoms with van der Waals surface area (Å²) in [5.74, 6) is 0.705. The lowest BCUT2D eigenvalue weighted by Gasteiger charge is -2.16. The molecular formula is C29H27N2+. The Kier molecular flexibility index (Phi) is 3.38. The zero-order valence-electron chi connectivity index (χ0n) is 18.5. The highest BCUT2D eigenvalue weighted by atomic mass is 15.0. The maximum absolute atomic E-state index is 2.58. The highest BCUT2D eigenvalue weighted by molar-refractivity contribution is 6.25. The smallest absolute Gasteiger partial charge is 0.224 e. The SMILES string of the molecule is Cc1ccc2c3ccc(C)c4c3n(c2c1)c1cc(C2CCCC2)cc2cc[n+](C)c4c21. The number of fused-ring (bicyclic) bond motifs is 5. The quantitative estimate of drug-likeness (QED) is 0.157. The van der Waals surface area contributed by atoms with Crippen molar-refractivity contribution in [2.24, 2.45) is 7.05 Å². The van der Waals surface area contributed by atoms with E-state index in [1.54, 1.807) is 0 Å². The normalized spacial score (nSPS) is 15.6. The van der Waals surface area contributed by atoms with Gasteiger partial charge in [0.05, 0.1) is 27.3 Å². The Morgan fingerprint density at radius 2 is 1.65 bits per heavy atom. The third-order valence-electron chi connectivity index (χ3n) is 7.84. The van der Waals surface area contributed by atoms with Crippen molar-refractivity contribution in [3.05, 3.63) is 71.4 Å². The summed E-state index contributed by atoms with van der Waals surface area (Å²) in [5, 5.41) is 6.89. The summed E-state index contributed by atoms with van der Waals surface area (Å²) < 4.78 is 4.91. The van der Waals surface area contributed by atoms with Gasteiger partial charge in [-0.15, -0.1) is 0 Å². The van der Waals surface area contributed by atoms with Crippen molar-refractivity contribution < 1.29 is 4.57 Å². The molecular weight excluding hydrogens is 376 g/mol. The first-order chi connectivity index (χ1) is 15.1. The van der Waals surface area contributed by atoms with Crippen LogP contribution in [0.15, 0.2) is 54.7 Å². The Bertz CT molecular complexity index is 1660. The lowest BCUT2D eigenvalue weighted by atomic mass is 9.92. The molecule has 3 aromatic heterocycles. The van der Waals surface area contributed by atoms with E-state index in [4.69, 9.17) is 0 Å². The molecule has 1 saturated carbocycles. The van der Waals surface area contributed by atoms with Crippen molar-refractivity contribution in [2.45, 2.75) is 45.4 Å². The molecule has 152 valence electrons. The second kappa shape index (κ2) is 5.97. The van der Waals surface area contributed by atoms with Crippen LogP contribution in [-0.2, 0) is 7.05 Å². The fourth-order valence-corrected chi connectivity index (χ4v) is 6.34. The fraction of sp³-hybridized carbons (Fsp3) is 0.276. The van der Waals surface area contributed by atoms with Gasteiger partial charge in [-0.05, 0) is 66.8 Å². The van der Waals surface area contributed by atoms with Crippen LogP contribution in [-0.4, -0.2) is 4.40 Å². The lowest BCUT2D eigenvalue weighted by molar-refractivity contribution is -0.643. The molecule has 3 aromatic carbocycles. The number of hydrogen-bond donors (Lipinski definition) is 0. The fourth-order valence-electron chi connectivity index (χ4n) is 6.34. The van der Waals surface area contributed by atoms with Gasteiger partial charge in [-0.3, -0.25) is 0 Å². The van der Waals surface area contributed by atoms with Crippen LogP contribution in [0.1, 0.15) is 48.3 Å². The van der Waals surface area contributed by atoms with E-state index in [2.05, 4.69) is 84.6 Å². The third kappa shape index (κ3) is 2.20. The summed E-state index contributed by atoms with van der Waals surface area (Å²) in [6, 6.07) is 18.9. The van der Waals surface area contributed by atoms with Crippen molar-refractivity contribution in [1.82, 2.24) is 4.40 Å². The Hall–Kier alpha value is -3.13. The molecule has 0 saturated heterocycles. The number of aromatic nitrogens is 2. The van der Waals surface area contributed by atoms with Gasteiger partial charge in [0.2, 0.25) is 5.52 Å². The van der Waals surface area contributed by atoms with E-state index in [1.165, 1.54) is 91.4 Å². The van der Waals surface area contributed by atoms with Crippen LogP contribution in [0.25, 0.3) is 49.0 Å². The first kappa shape index (κ1) is 17.5. The molecule has 0 bridgehead atoms. The van der Waals surface area contributed by atoms with Crippen LogP contribution in [0.3, 0.4) is 0 Å². The van der Waals surface area contributed by atoms with Crippen molar-refractivity contribution in [3.8, 4) is 0 Å². The van der Waals surface area contributed by atoms with Crippen LogP contribution >= 0.6 is 0 Å². The van der Waals surface area contributed by atoms with Crippen LogP contribution in [0.5, 0.6) is 0 Å². The Morgan fingerprint density at radius 3 is 2.48 bits per heavy atom. The van der Waals surface area contributed by atoms with Gasteiger partial charge in [-0.2, -0.15) is 0 Å². The van der Waals surface area contributed by atoms with Gasteiger partial charge in [0.1, 0.15) is 7.05 Å². The van der Waals surface area contributed by atoms with Gasteiger partial charge in [0.25, 0.3) is 0 Å². The molecule has 0 amide bonds. The summed E-state index contributed by atoms with van der Waals surface area (Å²) in [6.07, 6.45) is 7.64. The Morgan fingerprint density at radius 1 is 0.839 bits per heavy atom. The molecule has 0 radical (unpaired) electrons. The molecule has 6 aromatic rings.